The van der Waals surface area contributed by atoms with Gasteiger partial charge in [0, 0.05) is 13.2 Å². The predicted molar refractivity (Wildman–Crippen MR) is 53.0 cm³/mol. The Labute approximate surface area is 85.0 Å². The van der Waals surface area contributed by atoms with Gasteiger partial charge in [0.1, 0.15) is 6.61 Å². The molecular formula is C10H19NO3. The third-order valence-corrected chi connectivity index (χ3v) is 2.31. The molecule has 0 spiro atoms. The first-order valence-corrected chi connectivity index (χ1v) is 5.29. The van der Waals surface area contributed by atoms with Crippen molar-refractivity contribution >= 4 is 5.97 Å². The van der Waals surface area contributed by atoms with Crippen molar-refractivity contribution in [2.24, 2.45) is 5.92 Å². The lowest BCUT2D eigenvalue weighted by Crippen LogP contribution is -2.35. The van der Waals surface area contributed by atoms with Gasteiger partial charge in [-0.05, 0) is 26.3 Å². The average molecular weight is 201 g/mol. The first-order chi connectivity index (χ1) is 6.84. The second kappa shape index (κ2) is 6.79. The number of nitrogens with one attached hydrogen (secondary N) is 1. The molecule has 1 N–H and O–H groups in total. The van der Waals surface area contributed by atoms with Crippen molar-refractivity contribution in [2.75, 3.05) is 32.9 Å². The zero-order valence-corrected chi connectivity index (χ0v) is 8.75. The lowest BCUT2D eigenvalue weighted by molar-refractivity contribution is -0.150. The van der Waals surface area contributed by atoms with Gasteiger partial charge in [0.2, 0.25) is 0 Å². The van der Waals surface area contributed by atoms with E-state index in [4.69, 9.17) is 9.47 Å². The minimum atomic E-state index is -0.0862. The topological polar surface area (TPSA) is 47.6 Å². The third kappa shape index (κ3) is 4.07. The van der Waals surface area contributed by atoms with Crippen molar-refractivity contribution in [1.82, 2.24) is 5.32 Å². The monoisotopic (exact) mass is 201 g/mol. The van der Waals surface area contributed by atoms with Gasteiger partial charge in [0.15, 0.2) is 0 Å². The number of carbonyl (C=O) groups excluding carboxylic acids is 1. The quantitative estimate of drug-likeness (QED) is 0.521. The second-order valence-corrected chi connectivity index (χ2v) is 3.41. The highest BCUT2D eigenvalue weighted by atomic mass is 16.6. The van der Waals surface area contributed by atoms with Gasteiger partial charge in [0.25, 0.3) is 0 Å². The maximum atomic E-state index is 11.4. The summed E-state index contributed by atoms with van der Waals surface area (Å²) in [6, 6.07) is 0. The van der Waals surface area contributed by atoms with Crippen LogP contribution in [0.5, 0.6) is 0 Å². The lowest BCUT2D eigenvalue weighted by Gasteiger charge is -2.20. The van der Waals surface area contributed by atoms with Gasteiger partial charge in [-0.3, -0.25) is 4.79 Å². The predicted octanol–water partition coefficient (Wildman–Crippen LogP) is 0.566. The number of hydrogen-bond acceptors (Lipinski definition) is 4. The number of rotatable bonds is 5. The summed E-state index contributed by atoms with van der Waals surface area (Å²) in [5.41, 5.74) is 0. The number of hydrogen-bond donors (Lipinski definition) is 1. The Morgan fingerprint density at radius 3 is 3.00 bits per heavy atom. The highest BCUT2D eigenvalue weighted by Gasteiger charge is 2.21. The van der Waals surface area contributed by atoms with Gasteiger partial charge < -0.3 is 14.8 Å². The molecule has 14 heavy (non-hydrogen) atoms. The summed E-state index contributed by atoms with van der Waals surface area (Å²) in [7, 11) is 0. The molecule has 4 heteroatoms. The first-order valence-electron chi connectivity index (χ1n) is 5.29. The summed E-state index contributed by atoms with van der Waals surface area (Å²) in [5.74, 6) is -0.0396. The van der Waals surface area contributed by atoms with Gasteiger partial charge in [-0.1, -0.05) is 0 Å². The summed E-state index contributed by atoms with van der Waals surface area (Å²) < 4.78 is 10.2. The Hall–Kier alpha value is -0.610. The molecule has 1 atom stereocenters. The molecule has 1 aliphatic rings. The van der Waals surface area contributed by atoms with Crippen molar-refractivity contribution in [1.29, 1.82) is 0 Å². The van der Waals surface area contributed by atoms with E-state index in [2.05, 4.69) is 5.32 Å². The van der Waals surface area contributed by atoms with E-state index in [1.807, 2.05) is 6.92 Å². The summed E-state index contributed by atoms with van der Waals surface area (Å²) >= 11 is 0. The first kappa shape index (κ1) is 11.5. The molecule has 0 radical (unpaired) electrons. The van der Waals surface area contributed by atoms with E-state index in [9.17, 15) is 4.79 Å². The van der Waals surface area contributed by atoms with Crippen LogP contribution in [0.4, 0.5) is 0 Å². The van der Waals surface area contributed by atoms with Gasteiger partial charge in [-0.15, -0.1) is 0 Å². The molecule has 4 nitrogen and oxygen atoms in total. The van der Waals surface area contributed by atoms with Gasteiger partial charge in [0.05, 0.1) is 12.5 Å². The molecule has 0 amide bonds. The van der Waals surface area contributed by atoms with Crippen molar-refractivity contribution in [3.8, 4) is 0 Å². The highest BCUT2D eigenvalue weighted by molar-refractivity contribution is 5.72. The van der Waals surface area contributed by atoms with Crippen LogP contribution in [0.15, 0.2) is 0 Å². The molecule has 1 saturated heterocycles. The number of piperidine rings is 1. The summed E-state index contributed by atoms with van der Waals surface area (Å²) in [4.78, 5) is 11.4. The molecule has 0 saturated carbocycles. The Kier molecular flexibility index (Phi) is 5.56. The second-order valence-electron chi connectivity index (χ2n) is 3.41. The molecule has 0 unspecified atom stereocenters. The molecule has 1 heterocycles. The normalized spacial score (nSPS) is 21.9. The van der Waals surface area contributed by atoms with Crippen LogP contribution in [0.1, 0.15) is 19.8 Å². The fourth-order valence-electron chi connectivity index (χ4n) is 1.52. The number of ether oxygens (including phenoxy) is 2. The van der Waals surface area contributed by atoms with Crippen LogP contribution in [-0.4, -0.2) is 38.9 Å². The van der Waals surface area contributed by atoms with Crippen LogP contribution >= 0.6 is 0 Å². The van der Waals surface area contributed by atoms with Crippen LogP contribution in [0.3, 0.4) is 0 Å². The molecule has 0 aliphatic carbocycles. The zero-order chi connectivity index (χ0) is 10.2. The van der Waals surface area contributed by atoms with Crippen LogP contribution in [0, 0.1) is 5.92 Å². The maximum Gasteiger partial charge on any atom is 0.310 e. The van der Waals surface area contributed by atoms with E-state index in [0.29, 0.717) is 19.8 Å². The maximum absolute atomic E-state index is 11.4. The summed E-state index contributed by atoms with van der Waals surface area (Å²) in [6.45, 7) is 5.25. The van der Waals surface area contributed by atoms with Crippen LogP contribution in [0.25, 0.3) is 0 Å². The van der Waals surface area contributed by atoms with Crippen molar-refractivity contribution in [3.63, 3.8) is 0 Å². The van der Waals surface area contributed by atoms with E-state index < -0.39 is 0 Å². The van der Waals surface area contributed by atoms with E-state index in [0.717, 1.165) is 25.9 Å². The zero-order valence-electron chi connectivity index (χ0n) is 8.75. The molecule has 1 aliphatic heterocycles. The highest BCUT2D eigenvalue weighted by Crippen LogP contribution is 2.11. The smallest absolute Gasteiger partial charge is 0.310 e. The van der Waals surface area contributed by atoms with Crippen molar-refractivity contribution in [2.45, 2.75) is 19.8 Å². The van der Waals surface area contributed by atoms with Gasteiger partial charge in [-0.25, -0.2) is 0 Å². The minimum Gasteiger partial charge on any atom is -0.463 e. The Morgan fingerprint density at radius 1 is 1.50 bits per heavy atom. The van der Waals surface area contributed by atoms with Crippen LogP contribution < -0.4 is 5.32 Å². The van der Waals surface area contributed by atoms with E-state index in [1.54, 1.807) is 0 Å². The van der Waals surface area contributed by atoms with Crippen LogP contribution in [0.2, 0.25) is 0 Å². The van der Waals surface area contributed by atoms with Gasteiger partial charge in [-0.2, -0.15) is 0 Å². The molecule has 0 bridgehead atoms. The van der Waals surface area contributed by atoms with Crippen LogP contribution in [-0.2, 0) is 14.3 Å². The average Bonchev–Trinajstić information content (AvgIpc) is 2.25. The summed E-state index contributed by atoms with van der Waals surface area (Å²) in [5, 5.41) is 3.19. The Bertz CT molecular complexity index is 167. The Balaban J connectivity index is 2.07. The molecule has 1 fully saturated rings. The minimum absolute atomic E-state index is 0.0466. The summed E-state index contributed by atoms with van der Waals surface area (Å²) in [6.07, 6.45) is 2.01. The van der Waals surface area contributed by atoms with E-state index in [1.165, 1.54) is 0 Å². The Morgan fingerprint density at radius 2 is 2.36 bits per heavy atom. The fourth-order valence-corrected chi connectivity index (χ4v) is 1.52. The van der Waals surface area contributed by atoms with E-state index in [-0.39, 0.29) is 11.9 Å². The fraction of sp³-hybridized carbons (Fsp3) is 0.900. The van der Waals surface area contributed by atoms with Crippen molar-refractivity contribution < 1.29 is 14.3 Å². The molecule has 0 aromatic carbocycles. The van der Waals surface area contributed by atoms with Gasteiger partial charge >= 0.3 is 5.97 Å². The largest absolute Gasteiger partial charge is 0.463 e. The third-order valence-electron chi connectivity index (χ3n) is 2.31. The van der Waals surface area contributed by atoms with Crippen molar-refractivity contribution in [3.05, 3.63) is 0 Å². The molecule has 0 aromatic rings. The standard InChI is InChI=1S/C10H19NO3/c1-2-13-6-7-14-10(12)9-4-3-5-11-8-9/h9,11H,2-8H2,1H3/t9-/m1/s1. The lowest BCUT2D eigenvalue weighted by atomic mass is 10.0. The molecular weight excluding hydrogens is 182 g/mol. The SMILES string of the molecule is CCOCCOC(=O)[C@@H]1CCCNC1. The molecule has 1 rings (SSSR count). The molecule has 82 valence electrons. The molecule has 0 aromatic heterocycles. The number of esters is 1. The number of carbonyl (C=O) groups is 1. The van der Waals surface area contributed by atoms with E-state index >= 15 is 0 Å².